The molecule has 0 aromatic heterocycles. The molecule has 21 heavy (non-hydrogen) atoms. The molecule has 0 bridgehead atoms. The summed E-state index contributed by atoms with van der Waals surface area (Å²) in [6, 6.07) is 12.1. The first-order valence-electron chi connectivity index (χ1n) is 7.55. The van der Waals surface area contributed by atoms with Crippen molar-refractivity contribution in [2.75, 3.05) is 6.54 Å². The van der Waals surface area contributed by atoms with Crippen LogP contribution in [-0.4, -0.2) is 6.54 Å². The number of nitrogens with one attached hydrogen (secondary N) is 1. The fourth-order valence-electron chi connectivity index (χ4n) is 2.75. The van der Waals surface area contributed by atoms with Crippen molar-refractivity contribution in [2.45, 2.75) is 42.5 Å². The van der Waals surface area contributed by atoms with Gasteiger partial charge in [-0.2, -0.15) is 0 Å². The zero-order valence-electron chi connectivity index (χ0n) is 12.3. The second-order valence-electron chi connectivity index (χ2n) is 5.43. The minimum atomic E-state index is -0.129. The monoisotopic (exact) mass is 301 g/mol. The minimum absolute atomic E-state index is 0.129. The molecule has 1 aliphatic rings. The van der Waals surface area contributed by atoms with Gasteiger partial charge in [-0.25, -0.2) is 4.39 Å². The Kier molecular flexibility index (Phi) is 4.61. The number of rotatable bonds is 5. The van der Waals surface area contributed by atoms with E-state index in [1.165, 1.54) is 35.7 Å². The van der Waals surface area contributed by atoms with E-state index in [1.54, 1.807) is 6.07 Å². The molecule has 3 heteroatoms. The highest BCUT2D eigenvalue weighted by Crippen LogP contribution is 2.33. The van der Waals surface area contributed by atoms with Gasteiger partial charge in [0.25, 0.3) is 0 Å². The largest absolute Gasteiger partial charge is 0.313 e. The van der Waals surface area contributed by atoms with E-state index in [1.807, 2.05) is 12.1 Å². The van der Waals surface area contributed by atoms with Gasteiger partial charge in [0.1, 0.15) is 5.82 Å². The van der Waals surface area contributed by atoms with E-state index in [4.69, 9.17) is 0 Å². The lowest BCUT2D eigenvalue weighted by molar-refractivity contribution is 0.596. The van der Waals surface area contributed by atoms with Crippen LogP contribution in [0.4, 0.5) is 4.39 Å². The Morgan fingerprint density at radius 3 is 2.76 bits per heavy atom. The molecule has 0 radical (unpaired) electrons. The van der Waals surface area contributed by atoms with Crippen molar-refractivity contribution in [1.82, 2.24) is 5.32 Å². The maximum atomic E-state index is 14.2. The molecule has 0 heterocycles. The fourth-order valence-corrected chi connectivity index (χ4v) is 3.63. The molecule has 1 nitrogen and oxygen atoms in total. The van der Waals surface area contributed by atoms with Crippen LogP contribution in [0.5, 0.6) is 0 Å². The Labute approximate surface area is 130 Å². The van der Waals surface area contributed by atoms with E-state index in [-0.39, 0.29) is 5.82 Å². The first kappa shape index (κ1) is 14.6. The molecule has 1 aliphatic carbocycles. The van der Waals surface area contributed by atoms with Crippen LogP contribution in [0.15, 0.2) is 46.2 Å². The highest BCUT2D eigenvalue weighted by atomic mass is 32.2. The summed E-state index contributed by atoms with van der Waals surface area (Å²) in [5.41, 5.74) is 3.89. The second kappa shape index (κ2) is 6.63. The van der Waals surface area contributed by atoms with Crippen LogP contribution >= 0.6 is 11.8 Å². The third-order valence-electron chi connectivity index (χ3n) is 3.87. The first-order valence-corrected chi connectivity index (χ1v) is 8.36. The lowest BCUT2D eigenvalue weighted by Crippen LogP contribution is -2.11. The maximum Gasteiger partial charge on any atom is 0.137 e. The van der Waals surface area contributed by atoms with Crippen LogP contribution in [-0.2, 0) is 19.4 Å². The zero-order valence-corrected chi connectivity index (χ0v) is 13.1. The van der Waals surface area contributed by atoms with Crippen molar-refractivity contribution in [3.8, 4) is 0 Å². The molecular weight excluding hydrogens is 281 g/mol. The zero-order chi connectivity index (χ0) is 14.7. The summed E-state index contributed by atoms with van der Waals surface area (Å²) in [7, 11) is 0. The third-order valence-corrected chi connectivity index (χ3v) is 4.91. The van der Waals surface area contributed by atoms with Crippen molar-refractivity contribution in [3.63, 3.8) is 0 Å². The molecule has 0 atom stereocenters. The molecule has 2 aromatic rings. The van der Waals surface area contributed by atoms with Crippen LogP contribution in [0.2, 0.25) is 0 Å². The summed E-state index contributed by atoms with van der Waals surface area (Å²) in [4.78, 5) is 1.84. The Morgan fingerprint density at radius 1 is 1.10 bits per heavy atom. The number of benzene rings is 2. The predicted octanol–water partition coefficient (Wildman–Crippen LogP) is 4.58. The lowest BCUT2D eigenvalue weighted by atomic mass is 10.1. The molecule has 0 spiro atoms. The van der Waals surface area contributed by atoms with E-state index < -0.39 is 0 Å². The molecule has 0 unspecified atom stereocenters. The van der Waals surface area contributed by atoms with Crippen LogP contribution < -0.4 is 5.32 Å². The maximum absolute atomic E-state index is 14.2. The van der Waals surface area contributed by atoms with Gasteiger partial charge in [0.2, 0.25) is 0 Å². The molecule has 0 fully saturated rings. The number of halogens is 1. The van der Waals surface area contributed by atoms with E-state index in [0.717, 1.165) is 30.0 Å². The summed E-state index contributed by atoms with van der Waals surface area (Å²) in [6.45, 7) is 3.67. The van der Waals surface area contributed by atoms with Gasteiger partial charge in [0.05, 0.1) is 0 Å². The topological polar surface area (TPSA) is 12.0 Å². The fraction of sp³-hybridized carbons (Fsp3) is 0.333. The predicted molar refractivity (Wildman–Crippen MR) is 86.4 cm³/mol. The Hall–Kier alpha value is -1.32. The SMILES string of the molecule is CCNCc1ccc(Sc2ccc3c(c2)CCC3)c(F)c1. The van der Waals surface area contributed by atoms with Crippen LogP contribution in [0.3, 0.4) is 0 Å². The number of aryl methyl sites for hydroxylation is 2. The Bertz CT molecular complexity index is 639. The Balaban J connectivity index is 1.75. The third kappa shape index (κ3) is 3.47. The van der Waals surface area contributed by atoms with Gasteiger partial charge in [-0.1, -0.05) is 30.8 Å². The van der Waals surface area contributed by atoms with Crippen LogP contribution in [0, 0.1) is 5.82 Å². The van der Waals surface area contributed by atoms with Gasteiger partial charge in [0.15, 0.2) is 0 Å². The van der Waals surface area contributed by atoms with Gasteiger partial charge >= 0.3 is 0 Å². The average Bonchev–Trinajstić information content (AvgIpc) is 2.95. The Morgan fingerprint density at radius 2 is 1.95 bits per heavy atom. The van der Waals surface area contributed by atoms with E-state index in [2.05, 4.69) is 30.4 Å². The molecule has 1 N–H and O–H groups in total. The molecule has 0 saturated carbocycles. The van der Waals surface area contributed by atoms with E-state index in [9.17, 15) is 4.39 Å². The van der Waals surface area contributed by atoms with E-state index >= 15 is 0 Å². The minimum Gasteiger partial charge on any atom is -0.313 e. The first-order chi connectivity index (χ1) is 10.3. The normalized spacial score (nSPS) is 13.4. The summed E-state index contributed by atoms with van der Waals surface area (Å²) < 4.78 is 14.2. The molecule has 3 rings (SSSR count). The number of hydrogen-bond donors (Lipinski definition) is 1. The molecular formula is C18H20FNS. The smallest absolute Gasteiger partial charge is 0.137 e. The van der Waals surface area contributed by atoms with Gasteiger partial charge in [-0.3, -0.25) is 0 Å². The molecule has 0 amide bonds. The molecule has 0 aliphatic heterocycles. The quantitative estimate of drug-likeness (QED) is 0.868. The number of hydrogen-bond acceptors (Lipinski definition) is 2. The van der Waals surface area contributed by atoms with Gasteiger partial charge < -0.3 is 5.32 Å². The van der Waals surface area contributed by atoms with Crippen molar-refractivity contribution in [2.24, 2.45) is 0 Å². The summed E-state index contributed by atoms with van der Waals surface area (Å²) in [5.74, 6) is -0.129. The summed E-state index contributed by atoms with van der Waals surface area (Å²) in [6.07, 6.45) is 3.60. The molecule has 0 saturated heterocycles. The second-order valence-corrected chi connectivity index (χ2v) is 6.55. The standard InChI is InChI=1S/C18H20FNS/c1-2-20-12-13-6-9-18(17(19)10-13)21-16-8-7-14-4-3-5-15(14)11-16/h6-11,20H,2-5,12H2,1H3. The van der Waals surface area contributed by atoms with Crippen molar-refractivity contribution < 1.29 is 4.39 Å². The van der Waals surface area contributed by atoms with Crippen molar-refractivity contribution >= 4 is 11.8 Å². The van der Waals surface area contributed by atoms with E-state index in [0.29, 0.717) is 4.90 Å². The highest BCUT2D eigenvalue weighted by molar-refractivity contribution is 7.99. The molecule has 2 aromatic carbocycles. The van der Waals surface area contributed by atoms with Crippen molar-refractivity contribution in [1.29, 1.82) is 0 Å². The van der Waals surface area contributed by atoms with Crippen LogP contribution in [0.25, 0.3) is 0 Å². The average molecular weight is 301 g/mol. The van der Waals surface area contributed by atoms with Gasteiger partial charge in [-0.15, -0.1) is 0 Å². The summed E-state index contributed by atoms with van der Waals surface area (Å²) in [5, 5.41) is 3.22. The van der Waals surface area contributed by atoms with Crippen LogP contribution in [0.1, 0.15) is 30.0 Å². The lowest BCUT2D eigenvalue weighted by Gasteiger charge is -2.08. The van der Waals surface area contributed by atoms with Crippen molar-refractivity contribution in [3.05, 3.63) is 58.9 Å². The summed E-state index contributed by atoms with van der Waals surface area (Å²) >= 11 is 1.52. The van der Waals surface area contributed by atoms with Gasteiger partial charge in [-0.05, 0) is 66.8 Å². The number of fused-ring (bicyclic) bond motifs is 1. The molecule has 110 valence electrons. The van der Waals surface area contributed by atoms with Gasteiger partial charge in [0, 0.05) is 16.3 Å². The highest BCUT2D eigenvalue weighted by Gasteiger charge is 2.12.